The molecule has 3 rings (SSSR count). The number of rotatable bonds is 6. The fourth-order valence-electron chi connectivity index (χ4n) is 2.27. The SMILES string of the molecule is CN(CC(=O)NC1CC1)C(=O)c1cccnc1Oc1cccc(Br)c1. The zero-order chi connectivity index (χ0) is 17.8. The Kier molecular flexibility index (Phi) is 5.33. The van der Waals surface area contributed by atoms with Crippen molar-refractivity contribution in [3.8, 4) is 11.6 Å². The Hall–Kier alpha value is -2.41. The van der Waals surface area contributed by atoms with Crippen LogP contribution < -0.4 is 10.1 Å². The molecule has 6 nitrogen and oxygen atoms in total. The molecule has 1 aliphatic carbocycles. The lowest BCUT2D eigenvalue weighted by Gasteiger charge is -2.18. The Morgan fingerprint density at radius 1 is 1.32 bits per heavy atom. The molecule has 1 aliphatic rings. The van der Waals surface area contributed by atoms with Gasteiger partial charge in [-0.25, -0.2) is 4.98 Å². The molecule has 1 fully saturated rings. The van der Waals surface area contributed by atoms with E-state index in [1.165, 1.54) is 4.90 Å². The summed E-state index contributed by atoms with van der Waals surface area (Å²) in [6.07, 6.45) is 3.58. The average molecular weight is 404 g/mol. The van der Waals surface area contributed by atoms with E-state index >= 15 is 0 Å². The van der Waals surface area contributed by atoms with E-state index in [-0.39, 0.29) is 30.3 Å². The Morgan fingerprint density at radius 3 is 2.84 bits per heavy atom. The van der Waals surface area contributed by atoms with E-state index in [4.69, 9.17) is 4.74 Å². The van der Waals surface area contributed by atoms with Crippen molar-refractivity contribution in [3.05, 3.63) is 52.6 Å². The molecule has 1 aromatic heterocycles. The van der Waals surface area contributed by atoms with Gasteiger partial charge in [0.1, 0.15) is 11.3 Å². The van der Waals surface area contributed by atoms with Crippen LogP contribution in [0.15, 0.2) is 47.1 Å². The van der Waals surface area contributed by atoms with Crippen molar-refractivity contribution in [2.45, 2.75) is 18.9 Å². The molecule has 1 saturated carbocycles. The van der Waals surface area contributed by atoms with Crippen LogP contribution in [-0.4, -0.2) is 41.3 Å². The first-order valence-corrected chi connectivity index (χ1v) is 8.75. The van der Waals surface area contributed by atoms with Gasteiger partial charge in [-0.15, -0.1) is 0 Å². The molecule has 0 aliphatic heterocycles. The first-order chi connectivity index (χ1) is 12.0. The third kappa shape index (κ3) is 4.79. The van der Waals surface area contributed by atoms with Gasteiger partial charge in [0.25, 0.3) is 5.91 Å². The van der Waals surface area contributed by atoms with Crippen molar-refractivity contribution < 1.29 is 14.3 Å². The van der Waals surface area contributed by atoms with Crippen molar-refractivity contribution in [3.63, 3.8) is 0 Å². The number of halogens is 1. The maximum absolute atomic E-state index is 12.7. The lowest BCUT2D eigenvalue weighted by Crippen LogP contribution is -2.39. The summed E-state index contributed by atoms with van der Waals surface area (Å²) >= 11 is 3.38. The molecule has 25 heavy (non-hydrogen) atoms. The molecule has 0 bridgehead atoms. The number of amides is 2. The molecule has 2 amide bonds. The van der Waals surface area contributed by atoms with Gasteiger partial charge >= 0.3 is 0 Å². The molecule has 0 atom stereocenters. The topological polar surface area (TPSA) is 71.5 Å². The lowest BCUT2D eigenvalue weighted by molar-refractivity contribution is -0.121. The monoisotopic (exact) mass is 403 g/mol. The van der Waals surface area contributed by atoms with Crippen LogP contribution >= 0.6 is 15.9 Å². The summed E-state index contributed by atoms with van der Waals surface area (Å²) in [5.41, 5.74) is 0.309. The van der Waals surface area contributed by atoms with Crippen LogP contribution in [0, 0.1) is 0 Å². The summed E-state index contributed by atoms with van der Waals surface area (Å²) < 4.78 is 6.62. The number of carbonyl (C=O) groups is 2. The third-order valence-electron chi connectivity index (χ3n) is 3.68. The highest BCUT2D eigenvalue weighted by Gasteiger charge is 2.25. The minimum Gasteiger partial charge on any atom is -0.438 e. The Bertz CT molecular complexity index is 793. The van der Waals surface area contributed by atoms with E-state index in [9.17, 15) is 9.59 Å². The van der Waals surface area contributed by atoms with E-state index < -0.39 is 0 Å². The molecule has 1 heterocycles. The molecule has 1 N–H and O–H groups in total. The Balaban J connectivity index is 1.72. The first-order valence-electron chi connectivity index (χ1n) is 7.96. The number of nitrogens with zero attached hydrogens (tertiary/aromatic N) is 2. The van der Waals surface area contributed by atoms with Gasteiger partial charge in [-0.05, 0) is 43.2 Å². The second kappa shape index (κ2) is 7.65. The number of hydrogen-bond donors (Lipinski definition) is 1. The standard InChI is InChI=1S/C18H18BrN3O3/c1-22(11-16(23)21-13-7-8-13)18(24)15-6-3-9-20-17(15)25-14-5-2-4-12(19)10-14/h2-6,9-10,13H,7-8,11H2,1H3,(H,21,23). The normalized spacial score (nSPS) is 13.2. The van der Waals surface area contributed by atoms with Crippen LogP contribution in [0.2, 0.25) is 0 Å². The van der Waals surface area contributed by atoms with Crippen molar-refractivity contribution in [2.24, 2.45) is 0 Å². The molecule has 1 aromatic carbocycles. The molecule has 7 heteroatoms. The number of nitrogens with one attached hydrogen (secondary N) is 1. The molecular formula is C18H18BrN3O3. The number of benzene rings is 1. The van der Waals surface area contributed by atoms with Gasteiger partial charge in [-0.1, -0.05) is 22.0 Å². The fourth-order valence-corrected chi connectivity index (χ4v) is 2.65. The minimum atomic E-state index is -0.316. The van der Waals surface area contributed by atoms with Gasteiger partial charge in [0, 0.05) is 23.8 Å². The third-order valence-corrected chi connectivity index (χ3v) is 4.18. The van der Waals surface area contributed by atoms with Crippen molar-refractivity contribution in [1.29, 1.82) is 0 Å². The van der Waals surface area contributed by atoms with Crippen LogP contribution in [0.4, 0.5) is 0 Å². The summed E-state index contributed by atoms with van der Waals surface area (Å²) in [5, 5.41) is 2.87. The average Bonchev–Trinajstić information content (AvgIpc) is 3.38. The van der Waals surface area contributed by atoms with Gasteiger partial charge in [0.2, 0.25) is 11.8 Å². The van der Waals surface area contributed by atoms with Crippen LogP contribution in [0.25, 0.3) is 0 Å². The van der Waals surface area contributed by atoms with E-state index in [1.807, 2.05) is 12.1 Å². The van der Waals surface area contributed by atoms with Crippen LogP contribution in [0.1, 0.15) is 23.2 Å². The predicted octanol–water partition coefficient (Wildman–Crippen LogP) is 2.99. The predicted molar refractivity (Wildman–Crippen MR) is 96.6 cm³/mol. The number of aromatic nitrogens is 1. The largest absolute Gasteiger partial charge is 0.438 e. The van der Waals surface area contributed by atoms with E-state index in [0.717, 1.165) is 17.3 Å². The number of likely N-dealkylation sites (N-methyl/N-ethyl adjacent to an activating group) is 1. The van der Waals surface area contributed by atoms with Crippen molar-refractivity contribution in [1.82, 2.24) is 15.2 Å². The minimum absolute atomic E-state index is 0.000548. The Morgan fingerprint density at radius 2 is 2.12 bits per heavy atom. The molecule has 0 saturated heterocycles. The number of ether oxygens (including phenoxy) is 1. The van der Waals surface area contributed by atoms with Gasteiger partial charge in [-0.2, -0.15) is 0 Å². The molecule has 0 radical (unpaired) electrons. The summed E-state index contributed by atoms with van der Waals surface area (Å²) in [6.45, 7) is 0.000548. The lowest BCUT2D eigenvalue weighted by atomic mass is 10.2. The van der Waals surface area contributed by atoms with Crippen LogP contribution in [-0.2, 0) is 4.79 Å². The highest BCUT2D eigenvalue weighted by Crippen LogP contribution is 2.26. The highest BCUT2D eigenvalue weighted by atomic mass is 79.9. The fraction of sp³-hybridized carbons (Fsp3) is 0.278. The van der Waals surface area contributed by atoms with Gasteiger partial charge in [-0.3, -0.25) is 9.59 Å². The maximum atomic E-state index is 12.7. The smallest absolute Gasteiger partial charge is 0.259 e. The second-order valence-electron chi connectivity index (χ2n) is 5.92. The zero-order valence-corrected chi connectivity index (χ0v) is 15.3. The van der Waals surface area contributed by atoms with Crippen LogP contribution in [0.3, 0.4) is 0 Å². The van der Waals surface area contributed by atoms with E-state index in [2.05, 4.69) is 26.2 Å². The molecule has 130 valence electrons. The van der Waals surface area contributed by atoms with Crippen LogP contribution in [0.5, 0.6) is 11.6 Å². The summed E-state index contributed by atoms with van der Waals surface area (Å²) in [7, 11) is 1.59. The quantitative estimate of drug-likeness (QED) is 0.804. The van der Waals surface area contributed by atoms with Crippen molar-refractivity contribution >= 4 is 27.7 Å². The maximum Gasteiger partial charge on any atom is 0.259 e. The molecular weight excluding hydrogens is 386 g/mol. The van der Waals surface area contributed by atoms with Gasteiger partial charge in [0.15, 0.2) is 0 Å². The molecule has 0 unspecified atom stereocenters. The first kappa shape index (κ1) is 17.4. The molecule has 0 spiro atoms. The van der Waals surface area contributed by atoms with E-state index in [1.54, 1.807) is 37.5 Å². The summed E-state index contributed by atoms with van der Waals surface area (Å²) in [4.78, 5) is 30.1. The highest BCUT2D eigenvalue weighted by molar-refractivity contribution is 9.10. The summed E-state index contributed by atoms with van der Waals surface area (Å²) in [6, 6.07) is 10.8. The van der Waals surface area contributed by atoms with E-state index in [0.29, 0.717) is 11.3 Å². The number of pyridine rings is 1. The van der Waals surface area contributed by atoms with Gasteiger partial charge < -0.3 is 15.0 Å². The number of carbonyl (C=O) groups excluding carboxylic acids is 2. The summed E-state index contributed by atoms with van der Waals surface area (Å²) in [5.74, 6) is 0.303. The second-order valence-corrected chi connectivity index (χ2v) is 6.83. The van der Waals surface area contributed by atoms with Gasteiger partial charge in [0.05, 0.1) is 6.54 Å². The zero-order valence-electron chi connectivity index (χ0n) is 13.7. The number of hydrogen-bond acceptors (Lipinski definition) is 4. The Labute approximate surface area is 154 Å². The van der Waals surface area contributed by atoms with Crippen molar-refractivity contribution in [2.75, 3.05) is 13.6 Å². The molecule has 2 aromatic rings.